The second-order valence-corrected chi connectivity index (χ2v) is 6.73. The van der Waals surface area contributed by atoms with E-state index < -0.39 is 0 Å². The topological polar surface area (TPSA) is 53.1 Å². The van der Waals surface area contributed by atoms with E-state index in [9.17, 15) is 0 Å². The highest BCUT2D eigenvalue weighted by molar-refractivity contribution is 9.10. The number of benzene rings is 1. The highest BCUT2D eigenvalue weighted by Crippen LogP contribution is 2.26. The first kappa shape index (κ1) is 17.7. The van der Waals surface area contributed by atoms with Crippen molar-refractivity contribution in [3.63, 3.8) is 0 Å². The summed E-state index contributed by atoms with van der Waals surface area (Å²) >= 11 is 3.58. The van der Waals surface area contributed by atoms with Crippen molar-refractivity contribution in [2.75, 3.05) is 37.8 Å². The summed E-state index contributed by atoms with van der Waals surface area (Å²) in [6, 6.07) is 8.13. The molecule has 1 aromatic carbocycles. The molecule has 0 fully saturated rings. The lowest BCUT2D eigenvalue weighted by Gasteiger charge is -2.13. The van der Waals surface area contributed by atoms with E-state index in [0.717, 1.165) is 47.1 Å². The Morgan fingerprint density at radius 2 is 1.83 bits per heavy atom. The van der Waals surface area contributed by atoms with Crippen LogP contribution in [0.3, 0.4) is 0 Å². The average molecular weight is 378 g/mol. The maximum absolute atomic E-state index is 4.46. The van der Waals surface area contributed by atoms with Gasteiger partial charge in [-0.05, 0) is 74.5 Å². The summed E-state index contributed by atoms with van der Waals surface area (Å²) < 4.78 is 1.02. The van der Waals surface area contributed by atoms with Crippen LogP contribution in [0.2, 0.25) is 0 Å². The minimum absolute atomic E-state index is 0.744. The minimum atomic E-state index is 0.744. The highest BCUT2D eigenvalue weighted by Gasteiger charge is 2.05. The van der Waals surface area contributed by atoms with Crippen molar-refractivity contribution in [1.29, 1.82) is 0 Å². The summed E-state index contributed by atoms with van der Waals surface area (Å²) in [4.78, 5) is 11.1. The number of hydrogen-bond acceptors (Lipinski definition) is 5. The lowest BCUT2D eigenvalue weighted by atomic mass is 10.2. The predicted octanol–water partition coefficient (Wildman–Crippen LogP) is 3.96. The molecule has 124 valence electrons. The van der Waals surface area contributed by atoms with Gasteiger partial charge in [-0.2, -0.15) is 0 Å². The van der Waals surface area contributed by atoms with Crippen LogP contribution in [0.25, 0.3) is 0 Å². The number of nitrogens with zero attached hydrogens (tertiary/aromatic N) is 3. The van der Waals surface area contributed by atoms with Gasteiger partial charge in [-0.15, -0.1) is 0 Å². The van der Waals surface area contributed by atoms with Gasteiger partial charge in [0.15, 0.2) is 0 Å². The molecule has 0 radical (unpaired) electrons. The zero-order chi connectivity index (χ0) is 16.8. The Balaban J connectivity index is 2.04. The molecular formula is C17H24BrN5. The first-order chi connectivity index (χ1) is 10.9. The molecule has 0 amide bonds. The Morgan fingerprint density at radius 3 is 2.52 bits per heavy atom. The van der Waals surface area contributed by atoms with Crippen molar-refractivity contribution in [2.24, 2.45) is 0 Å². The summed E-state index contributed by atoms with van der Waals surface area (Å²) in [5.74, 6) is 2.38. The van der Waals surface area contributed by atoms with Crippen molar-refractivity contribution in [2.45, 2.75) is 20.3 Å². The number of rotatable bonds is 7. The third-order valence-electron chi connectivity index (χ3n) is 3.31. The predicted molar refractivity (Wildman–Crippen MR) is 101 cm³/mol. The average Bonchev–Trinajstić information content (AvgIpc) is 2.46. The Hall–Kier alpha value is -1.66. The molecule has 1 aromatic heterocycles. The first-order valence-corrected chi connectivity index (χ1v) is 8.51. The van der Waals surface area contributed by atoms with Gasteiger partial charge in [-0.1, -0.05) is 6.07 Å². The van der Waals surface area contributed by atoms with Crippen molar-refractivity contribution in [1.82, 2.24) is 14.9 Å². The largest absolute Gasteiger partial charge is 0.370 e. The van der Waals surface area contributed by atoms with Crippen LogP contribution >= 0.6 is 15.9 Å². The van der Waals surface area contributed by atoms with E-state index in [-0.39, 0.29) is 0 Å². The van der Waals surface area contributed by atoms with Crippen LogP contribution in [0.15, 0.2) is 28.7 Å². The normalized spacial score (nSPS) is 10.9. The fourth-order valence-corrected chi connectivity index (χ4v) is 2.79. The zero-order valence-corrected chi connectivity index (χ0v) is 15.7. The minimum Gasteiger partial charge on any atom is -0.370 e. The lowest BCUT2D eigenvalue weighted by molar-refractivity contribution is 0.405. The molecule has 1 heterocycles. The fourth-order valence-electron chi connectivity index (χ4n) is 2.19. The van der Waals surface area contributed by atoms with Gasteiger partial charge >= 0.3 is 0 Å². The molecular weight excluding hydrogens is 354 g/mol. The van der Waals surface area contributed by atoms with Gasteiger partial charge in [-0.25, -0.2) is 9.97 Å². The number of aromatic nitrogens is 2. The Bertz CT molecular complexity index is 657. The number of nitrogens with one attached hydrogen (secondary N) is 2. The van der Waals surface area contributed by atoms with Gasteiger partial charge in [0, 0.05) is 17.1 Å². The van der Waals surface area contributed by atoms with E-state index in [0.29, 0.717) is 0 Å². The van der Waals surface area contributed by atoms with E-state index in [2.05, 4.69) is 74.6 Å². The highest BCUT2D eigenvalue weighted by atomic mass is 79.9. The maximum atomic E-state index is 4.46. The van der Waals surface area contributed by atoms with E-state index in [1.165, 1.54) is 5.56 Å². The fraction of sp³-hybridized carbons (Fsp3) is 0.412. The molecule has 0 saturated heterocycles. The van der Waals surface area contributed by atoms with E-state index in [4.69, 9.17) is 0 Å². The first-order valence-electron chi connectivity index (χ1n) is 7.71. The van der Waals surface area contributed by atoms with Gasteiger partial charge < -0.3 is 15.5 Å². The molecule has 2 N–H and O–H groups in total. The molecule has 0 aliphatic heterocycles. The number of anilines is 3. The van der Waals surface area contributed by atoms with Crippen LogP contribution in [0.1, 0.15) is 17.8 Å². The van der Waals surface area contributed by atoms with E-state index in [1.54, 1.807) is 0 Å². The number of aryl methyl sites for hydroxylation is 2. The molecule has 6 heteroatoms. The molecule has 2 rings (SSSR count). The summed E-state index contributed by atoms with van der Waals surface area (Å²) in [6.07, 6.45) is 1.07. The Labute approximate surface area is 146 Å². The molecule has 5 nitrogen and oxygen atoms in total. The number of hydrogen-bond donors (Lipinski definition) is 2. The molecule has 0 aliphatic rings. The van der Waals surface area contributed by atoms with Crippen molar-refractivity contribution in [3.8, 4) is 0 Å². The zero-order valence-electron chi connectivity index (χ0n) is 14.2. The van der Waals surface area contributed by atoms with Crippen molar-refractivity contribution in [3.05, 3.63) is 40.1 Å². The van der Waals surface area contributed by atoms with Gasteiger partial charge in [0.05, 0.1) is 5.69 Å². The van der Waals surface area contributed by atoms with Crippen LogP contribution in [0, 0.1) is 13.8 Å². The SMILES string of the molecule is Cc1ccc(Nc2cc(NCCCN(C)C)nc(C)n2)c(Br)c1. The third-order valence-corrected chi connectivity index (χ3v) is 3.97. The van der Waals surface area contributed by atoms with Crippen LogP contribution < -0.4 is 10.6 Å². The van der Waals surface area contributed by atoms with Gasteiger partial charge in [0.2, 0.25) is 0 Å². The summed E-state index contributed by atoms with van der Waals surface area (Å²) in [7, 11) is 4.16. The monoisotopic (exact) mass is 377 g/mol. The second kappa shape index (κ2) is 8.26. The molecule has 0 bridgehead atoms. The van der Waals surface area contributed by atoms with Gasteiger partial charge in [0.1, 0.15) is 17.5 Å². The molecule has 0 aliphatic carbocycles. The Morgan fingerprint density at radius 1 is 1.09 bits per heavy atom. The Kier molecular flexibility index (Phi) is 6.36. The standard InChI is InChI=1S/C17H24BrN5/c1-12-6-7-15(14(18)10-12)22-17-11-16(20-13(2)21-17)19-8-5-9-23(3)4/h6-7,10-11H,5,8-9H2,1-4H3,(H2,19,20,21,22). The van der Waals surface area contributed by atoms with Crippen LogP contribution in [0.5, 0.6) is 0 Å². The summed E-state index contributed by atoms with van der Waals surface area (Å²) in [5.41, 5.74) is 2.21. The van der Waals surface area contributed by atoms with Crippen molar-refractivity contribution < 1.29 is 0 Å². The molecule has 0 spiro atoms. The van der Waals surface area contributed by atoms with E-state index in [1.807, 2.05) is 19.1 Å². The molecule has 0 atom stereocenters. The quantitative estimate of drug-likeness (QED) is 0.715. The van der Waals surface area contributed by atoms with Crippen LogP contribution in [-0.2, 0) is 0 Å². The third kappa shape index (κ3) is 5.80. The summed E-state index contributed by atoms with van der Waals surface area (Å²) in [6.45, 7) is 5.92. The molecule has 23 heavy (non-hydrogen) atoms. The number of halogens is 1. The van der Waals surface area contributed by atoms with Gasteiger partial charge in [-0.3, -0.25) is 0 Å². The smallest absolute Gasteiger partial charge is 0.136 e. The van der Waals surface area contributed by atoms with E-state index >= 15 is 0 Å². The second-order valence-electron chi connectivity index (χ2n) is 5.88. The summed E-state index contributed by atoms with van der Waals surface area (Å²) in [5, 5.41) is 6.70. The molecule has 0 saturated carbocycles. The molecule has 0 unspecified atom stereocenters. The van der Waals surface area contributed by atoms with Gasteiger partial charge in [0.25, 0.3) is 0 Å². The van der Waals surface area contributed by atoms with Crippen LogP contribution in [-0.4, -0.2) is 42.1 Å². The maximum Gasteiger partial charge on any atom is 0.136 e. The van der Waals surface area contributed by atoms with Crippen LogP contribution in [0.4, 0.5) is 17.3 Å². The lowest BCUT2D eigenvalue weighted by Crippen LogP contribution is -2.16. The molecule has 2 aromatic rings. The van der Waals surface area contributed by atoms with Crippen molar-refractivity contribution >= 4 is 33.3 Å².